The SMILES string of the molecule is ClC(Cl)c1ccnc2ccccc12. The molecular weight excluding hydrogens is 205 g/mol. The molecule has 66 valence electrons. The van der Waals surface area contributed by atoms with Gasteiger partial charge in [-0.25, -0.2) is 0 Å². The van der Waals surface area contributed by atoms with Crippen LogP contribution in [0.2, 0.25) is 0 Å². The smallest absolute Gasteiger partial charge is 0.133 e. The van der Waals surface area contributed by atoms with Crippen LogP contribution in [0.1, 0.15) is 10.4 Å². The van der Waals surface area contributed by atoms with E-state index in [0.29, 0.717) is 0 Å². The van der Waals surface area contributed by atoms with E-state index in [1.54, 1.807) is 6.20 Å². The molecule has 13 heavy (non-hydrogen) atoms. The van der Waals surface area contributed by atoms with Crippen molar-refractivity contribution in [3.05, 3.63) is 42.1 Å². The Balaban J connectivity index is 2.76. The molecule has 0 aliphatic heterocycles. The summed E-state index contributed by atoms with van der Waals surface area (Å²) >= 11 is 11.6. The monoisotopic (exact) mass is 211 g/mol. The largest absolute Gasteiger partial charge is 0.256 e. The van der Waals surface area contributed by atoms with E-state index >= 15 is 0 Å². The molecule has 2 aromatic rings. The Hall–Kier alpha value is -0.790. The van der Waals surface area contributed by atoms with Crippen LogP contribution in [0.25, 0.3) is 10.9 Å². The maximum absolute atomic E-state index is 5.82. The molecule has 0 unspecified atom stereocenters. The third kappa shape index (κ3) is 1.62. The normalized spacial score (nSPS) is 11.0. The number of fused-ring (bicyclic) bond motifs is 1. The van der Waals surface area contributed by atoms with Crippen LogP contribution in [0, 0.1) is 0 Å². The first kappa shape index (κ1) is 8.79. The van der Waals surface area contributed by atoms with E-state index in [1.165, 1.54) is 0 Å². The molecule has 0 bridgehead atoms. The first-order chi connectivity index (χ1) is 6.29. The molecule has 0 aliphatic rings. The summed E-state index contributed by atoms with van der Waals surface area (Å²) < 4.78 is 0. The predicted molar refractivity (Wildman–Crippen MR) is 56.2 cm³/mol. The van der Waals surface area contributed by atoms with Crippen LogP contribution in [-0.4, -0.2) is 4.98 Å². The summed E-state index contributed by atoms with van der Waals surface area (Å²) in [6.07, 6.45) is 1.72. The van der Waals surface area contributed by atoms with Gasteiger partial charge in [0.15, 0.2) is 0 Å². The molecule has 1 aromatic heterocycles. The van der Waals surface area contributed by atoms with Crippen molar-refractivity contribution in [1.82, 2.24) is 4.98 Å². The molecule has 0 aliphatic carbocycles. The second-order valence-corrected chi connectivity index (χ2v) is 3.81. The van der Waals surface area contributed by atoms with Gasteiger partial charge in [0.1, 0.15) is 4.84 Å². The minimum absolute atomic E-state index is 0.493. The summed E-state index contributed by atoms with van der Waals surface area (Å²) in [4.78, 5) is 3.71. The van der Waals surface area contributed by atoms with E-state index in [0.717, 1.165) is 16.5 Å². The highest BCUT2D eigenvalue weighted by Crippen LogP contribution is 2.29. The highest BCUT2D eigenvalue weighted by Gasteiger charge is 2.07. The van der Waals surface area contributed by atoms with E-state index in [2.05, 4.69) is 4.98 Å². The minimum atomic E-state index is -0.493. The lowest BCUT2D eigenvalue weighted by atomic mass is 10.1. The summed E-state index contributed by atoms with van der Waals surface area (Å²) in [5, 5.41) is 1.01. The van der Waals surface area contributed by atoms with Crippen molar-refractivity contribution in [3.8, 4) is 0 Å². The number of hydrogen-bond donors (Lipinski definition) is 0. The standard InChI is InChI=1S/C10H7Cl2N/c11-10(12)8-5-6-13-9-4-2-1-3-7(8)9/h1-6,10H. The van der Waals surface area contributed by atoms with Gasteiger partial charge in [-0.3, -0.25) is 4.98 Å². The van der Waals surface area contributed by atoms with Crippen molar-refractivity contribution in [2.24, 2.45) is 0 Å². The molecule has 1 nitrogen and oxygen atoms in total. The predicted octanol–water partition coefficient (Wildman–Crippen LogP) is 3.71. The highest BCUT2D eigenvalue weighted by molar-refractivity contribution is 6.44. The molecule has 1 aromatic carbocycles. The van der Waals surface area contributed by atoms with Crippen LogP contribution in [-0.2, 0) is 0 Å². The van der Waals surface area contributed by atoms with Gasteiger partial charge >= 0.3 is 0 Å². The first-order valence-corrected chi connectivity index (χ1v) is 4.78. The van der Waals surface area contributed by atoms with Gasteiger partial charge in [0.25, 0.3) is 0 Å². The van der Waals surface area contributed by atoms with Crippen molar-refractivity contribution in [2.75, 3.05) is 0 Å². The second kappa shape index (κ2) is 3.52. The Labute approximate surface area is 86.3 Å². The van der Waals surface area contributed by atoms with Gasteiger partial charge in [0, 0.05) is 11.6 Å². The second-order valence-electron chi connectivity index (χ2n) is 2.72. The van der Waals surface area contributed by atoms with Gasteiger partial charge in [-0.1, -0.05) is 18.2 Å². The third-order valence-electron chi connectivity index (χ3n) is 1.92. The average molecular weight is 212 g/mol. The fraction of sp³-hybridized carbons (Fsp3) is 0.100. The number of para-hydroxylation sites is 1. The zero-order valence-electron chi connectivity index (χ0n) is 6.74. The molecule has 0 atom stereocenters. The zero-order chi connectivity index (χ0) is 9.26. The van der Waals surface area contributed by atoms with Gasteiger partial charge in [0.05, 0.1) is 5.52 Å². The van der Waals surface area contributed by atoms with Gasteiger partial charge in [-0.2, -0.15) is 0 Å². The molecule has 0 fully saturated rings. The molecule has 2 rings (SSSR count). The van der Waals surface area contributed by atoms with Gasteiger partial charge in [-0.15, -0.1) is 23.2 Å². The maximum Gasteiger partial charge on any atom is 0.133 e. The summed E-state index contributed by atoms with van der Waals surface area (Å²) in [6.45, 7) is 0. The van der Waals surface area contributed by atoms with E-state index in [-0.39, 0.29) is 0 Å². The summed E-state index contributed by atoms with van der Waals surface area (Å²) in [7, 11) is 0. The van der Waals surface area contributed by atoms with Crippen molar-refractivity contribution < 1.29 is 0 Å². The first-order valence-electron chi connectivity index (χ1n) is 3.91. The topological polar surface area (TPSA) is 12.9 Å². The van der Waals surface area contributed by atoms with Crippen LogP contribution in [0.15, 0.2) is 36.5 Å². The number of halogens is 2. The fourth-order valence-corrected chi connectivity index (χ4v) is 1.69. The number of nitrogens with zero attached hydrogens (tertiary/aromatic N) is 1. The fourth-order valence-electron chi connectivity index (χ4n) is 1.31. The number of alkyl halides is 2. The average Bonchev–Trinajstić information content (AvgIpc) is 2.17. The number of pyridine rings is 1. The lowest BCUT2D eigenvalue weighted by Gasteiger charge is -2.05. The number of aromatic nitrogens is 1. The Morgan fingerprint density at radius 1 is 1.08 bits per heavy atom. The van der Waals surface area contributed by atoms with Gasteiger partial charge in [0.2, 0.25) is 0 Å². The van der Waals surface area contributed by atoms with E-state index in [9.17, 15) is 0 Å². The molecular formula is C10H7Cl2N. The minimum Gasteiger partial charge on any atom is -0.256 e. The Kier molecular flexibility index (Phi) is 2.38. The van der Waals surface area contributed by atoms with E-state index in [4.69, 9.17) is 23.2 Å². The lowest BCUT2D eigenvalue weighted by molar-refractivity contribution is 1.32. The van der Waals surface area contributed by atoms with Crippen LogP contribution in [0.5, 0.6) is 0 Å². The van der Waals surface area contributed by atoms with E-state index in [1.807, 2.05) is 30.3 Å². The van der Waals surface area contributed by atoms with E-state index < -0.39 is 4.84 Å². The molecule has 3 heteroatoms. The molecule has 1 heterocycles. The maximum atomic E-state index is 5.82. The Morgan fingerprint density at radius 2 is 1.85 bits per heavy atom. The molecule has 0 saturated carbocycles. The third-order valence-corrected chi connectivity index (χ3v) is 2.39. The van der Waals surface area contributed by atoms with Gasteiger partial charge < -0.3 is 0 Å². The van der Waals surface area contributed by atoms with Crippen molar-refractivity contribution in [2.45, 2.75) is 4.84 Å². The molecule has 0 spiro atoms. The Morgan fingerprint density at radius 3 is 2.62 bits per heavy atom. The van der Waals surface area contributed by atoms with Crippen LogP contribution >= 0.6 is 23.2 Å². The zero-order valence-corrected chi connectivity index (χ0v) is 8.26. The lowest BCUT2D eigenvalue weighted by Crippen LogP contribution is -1.86. The molecule has 0 radical (unpaired) electrons. The number of rotatable bonds is 1. The van der Waals surface area contributed by atoms with Crippen LogP contribution in [0.3, 0.4) is 0 Å². The van der Waals surface area contributed by atoms with Crippen molar-refractivity contribution in [3.63, 3.8) is 0 Å². The van der Waals surface area contributed by atoms with Crippen molar-refractivity contribution >= 4 is 34.1 Å². The summed E-state index contributed by atoms with van der Waals surface area (Å²) in [5.74, 6) is 0. The quantitative estimate of drug-likeness (QED) is 0.656. The summed E-state index contributed by atoms with van der Waals surface area (Å²) in [6, 6.07) is 9.64. The molecule has 0 amide bonds. The van der Waals surface area contributed by atoms with Gasteiger partial charge in [-0.05, 0) is 17.7 Å². The molecule has 0 N–H and O–H groups in total. The van der Waals surface area contributed by atoms with Crippen LogP contribution < -0.4 is 0 Å². The number of benzene rings is 1. The molecule has 0 saturated heterocycles. The number of hydrogen-bond acceptors (Lipinski definition) is 1. The summed E-state index contributed by atoms with van der Waals surface area (Å²) in [5.41, 5.74) is 1.83. The highest BCUT2D eigenvalue weighted by atomic mass is 35.5. The van der Waals surface area contributed by atoms with Crippen molar-refractivity contribution in [1.29, 1.82) is 0 Å². The van der Waals surface area contributed by atoms with Crippen LogP contribution in [0.4, 0.5) is 0 Å². The Bertz CT molecular complexity index is 421.